The van der Waals surface area contributed by atoms with Gasteiger partial charge in [0, 0.05) is 16.2 Å². The first kappa shape index (κ1) is 17.5. The fourth-order valence-electron chi connectivity index (χ4n) is 2.87. The molecule has 1 aliphatic rings. The molecule has 1 atom stereocenters. The van der Waals surface area contributed by atoms with Crippen LogP contribution in [0.1, 0.15) is 12.5 Å². The standard InChI is InChI=1S/C19H18BrNO4/c1-13-10-14-4-2-3-5-17(14)21(13)18(22)11-25-19(23)12-24-16-8-6-15(20)7-9-16/h2-9,13H,10-12H2,1H3/t13-/m0/s1. The molecule has 2 aromatic rings. The quantitative estimate of drug-likeness (QED) is 0.718. The van der Waals surface area contributed by atoms with Crippen molar-refractivity contribution >= 4 is 33.5 Å². The summed E-state index contributed by atoms with van der Waals surface area (Å²) in [5, 5.41) is 0. The number of carbonyl (C=O) groups is 2. The zero-order valence-corrected chi connectivity index (χ0v) is 15.4. The van der Waals surface area contributed by atoms with E-state index in [0.29, 0.717) is 5.75 Å². The number of amides is 1. The SMILES string of the molecule is C[C@H]1Cc2ccccc2N1C(=O)COC(=O)COc1ccc(Br)cc1. The Morgan fingerprint density at radius 1 is 1.12 bits per heavy atom. The molecule has 0 aromatic heterocycles. The fraction of sp³-hybridized carbons (Fsp3) is 0.263. The van der Waals surface area contributed by atoms with E-state index in [1.807, 2.05) is 43.3 Å². The number of hydrogen-bond acceptors (Lipinski definition) is 4. The summed E-state index contributed by atoms with van der Waals surface area (Å²) in [6.45, 7) is 1.46. The van der Waals surface area contributed by atoms with Crippen LogP contribution >= 0.6 is 15.9 Å². The van der Waals surface area contributed by atoms with Crippen LogP contribution in [0.25, 0.3) is 0 Å². The van der Waals surface area contributed by atoms with Crippen molar-refractivity contribution in [2.45, 2.75) is 19.4 Å². The van der Waals surface area contributed by atoms with Gasteiger partial charge in [-0.25, -0.2) is 4.79 Å². The van der Waals surface area contributed by atoms with Crippen LogP contribution in [0.5, 0.6) is 5.75 Å². The summed E-state index contributed by atoms with van der Waals surface area (Å²) in [5.74, 6) is -0.237. The highest BCUT2D eigenvalue weighted by molar-refractivity contribution is 9.10. The van der Waals surface area contributed by atoms with Gasteiger partial charge in [-0.2, -0.15) is 0 Å². The molecule has 2 aromatic carbocycles. The van der Waals surface area contributed by atoms with E-state index in [4.69, 9.17) is 9.47 Å². The highest BCUT2D eigenvalue weighted by Gasteiger charge is 2.30. The molecular weight excluding hydrogens is 386 g/mol. The number of carbonyl (C=O) groups excluding carboxylic acids is 2. The van der Waals surface area contributed by atoms with E-state index in [1.54, 1.807) is 17.0 Å². The third-order valence-corrected chi connectivity index (χ3v) is 4.53. The summed E-state index contributed by atoms with van der Waals surface area (Å²) in [5.41, 5.74) is 2.02. The third kappa shape index (κ3) is 4.20. The molecule has 5 nitrogen and oxygen atoms in total. The van der Waals surface area contributed by atoms with Crippen molar-refractivity contribution < 1.29 is 19.1 Å². The molecule has 1 amide bonds. The first-order chi connectivity index (χ1) is 12.0. The van der Waals surface area contributed by atoms with Crippen LogP contribution in [0.15, 0.2) is 53.0 Å². The van der Waals surface area contributed by atoms with E-state index in [0.717, 1.165) is 22.1 Å². The number of para-hydroxylation sites is 1. The van der Waals surface area contributed by atoms with Gasteiger partial charge in [0.1, 0.15) is 5.75 Å². The molecule has 0 saturated heterocycles. The molecular formula is C19H18BrNO4. The van der Waals surface area contributed by atoms with Gasteiger partial charge in [-0.3, -0.25) is 4.79 Å². The van der Waals surface area contributed by atoms with E-state index < -0.39 is 5.97 Å². The monoisotopic (exact) mass is 403 g/mol. The molecule has 0 aliphatic carbocycles. The first-order valence-electron chi connectivity index (χ1n) is 7.98. The van der Waals surface area contributed by atoms with E-state index >= 15 is 0 Å². The lowest BCUT2D eigenvalue weighted by Crippen LogP contribution is -2.39. The number of nitrogens with zero attached hydrogens (tertiary/aromatic N) is 1. The van der Waals surface area contributed by atoms with Gasteiger partial charge in [0.05, 0.1) is 0 Å². The summed E-state index contributed by atoms with van der Waals surface area (Å²) in [4.78, 5) is 25.9. The normalized spacial score (nSPS) is 15.6. The number of rotatable bonds is 5. The van der Waals surface area contributed by atoms with Crippen LogP contribution in [0.2, 0.25) is 0 Å². The molecule has 0 radical (unpaired) electrons. The Hall–Kier alpha value is -2.34. The Kier molecular flexibility index (Phi) is 5.38. The van der Waals surface area contributed by atoms with Gasteiger partial charge in [-0.1, -0.05) is 34.1 Å². The van der Waals surface area contributed by atoms with Crippen LogP contribution in [0.3, 0.4) is 0 Å². The van der Waals surface area contributed by atoms with E-state index in [-0.39, 0.29) is 25.2 Å². The van der Waals surface area contributed by atoms with Gasteiger partial charge in [0.2, 0.25) is 0 Å². The number of benzene rings is 2. The number of esters is 1. The van der Waals surface area contributed by atoms with Gasteiger partial charge in [0.25, 0.3) is 5.91 Å². The van der Waals surface area contributed by atoms with Crippen molar-refractivity contribution in [2.75, 3.05) is 18.1 Å². The lowest BCUT2D eigenvalue weighted by atomic mass is 10.1. The minimum absolute atomic E-state index is 0.0580. The van der Waals surface area contributed by atoms with Gasteiger partial charge >= 0.3 is 5.97 Å². The van der Waals surface area contributed by atoms with Crippen molar-refractivity contribution in [3.63, 3.8) is 0 Å². The number of fused-ring (bicyclic) bond motifs is 1. The van der Waals surface area contributed by atoms with Crippen molar-refractivity contribution in [1.29, 1.82) is 0 Å². The maximum atomic E-state index is 12.4. The molecule has 0 unspecified atom stereocenters. The average Bonchev–Trinajstić information content (AvgIpc) is 2.95. The van der Waals surface area contributed by atoms with Crippen molar-refractivity contribution in [2.24, 2.45) is 0 Å². The van der Waals surface area contributed by atoms with Crippen LogP contribution < -0.4 is 9.64 Å². The predicted octanol–water partition coefficient (Wildman–Crippen LogP) is 3.35. The molecule has 0 saturated carbocycles. The summed E-state index contributed by atoms with van der Waals surface area (Å²) in [6, 6.07) is 15.0. The second kappa shape index (κ2) is 7.70. The zero-order valence-electron chi connectivity index (χ0n) is 13.8. The molecule has 130 valence electrons. The minimum atomic E-state index is -0.573. The molecule has 0 fully saturated rings. The summed E-state index contributed by atoms with van der Waals surface area (Å²) >= 11 is 3.33. The molecule has 25 heavy (non-hydrogen) atoms. The Bertz CT molecular complexity index is 775. The van der Waals surface area contributed by atoms with E-state index in [9.17, 15) is 9.59 Å². The van der Waals surface area contributed by atoms with Crippen molar-refractivity contribution in [3.8, 4) is 5.75 Å². The lowest BCUT2D eigenvalue weighted by molar-refractivity contribution is -0.149. The van der Waals surface area contributed by atoms with Crippen molar-refractivity contribution in [1.82, 2.24) is 0 Å². The third-order valence-electron chi connectivity index (χ3n) is 4.00. The molecule has 6 heteroatoms. The second-order valence-corrected chi connectivity index (χ2v) is 6.76. The van der Waals surface area contributed by atoms with E-state index in [2.05, 4.69) is 15.9 Å². The molecule has 0 spiro atoms. The summed E-state index contributed by atoms with van der Waals surface area (Å²) in [6.07, 6.45) is 0.808. The Morgan fingerprint density at radius 2 is 1.84 bits per heavy atom. The molecule has 3 rings (SSSR count). The maximum Gasteiger partial charge on any atom is 0.344 e. The van der Waals surface area contributed by atoms with Crippen LogP contribution in [-0.4, -0.2) is 31.1 Å². The highest BCUT2D eigenvalue weighted by Crippen LogP contribution is 2.31. The van der Waals surface area contributed by atoms with Crippen LogP contribution in [-0.2, 0) is 20.7 Å². The lowest BCUT2D eigenvalue weighted by Gasteiger charge is -2.22. The maximum absolute atomic E-state index is 12.4. The Morgan fingerprint density at radius 3 is 2.60 bits per heavy atom. The molecule has 0 bridgehead atoms. The Balaban J connectivity index is 1.50. The van der Waals surface area contributed by atoms with Gasteiger partial charge in [-0.15, -0.1) is 0 Å². The highest BCUT2D eigenvalue weighted by atomic mass is 79.9. The zero-order chi connectivity index (χ0) is 17.8. The largest absolute Gasteiger partial charge is 0.482 e. The predicted molar refractivity (Wildman–Crippen MR) is 97.7 cm³/mol. The molecule has 1 heterocycles. The minimum Gasteiger partial charge on any atom is -0.482 e. The number of ether oxygens (including phenoxy) is 2. The number of halogens is 1. The van der Waals surface area contributed by atoms with Crippen LogP contribution in [0.4, 0.5) is 5.69 Å². The first-order valence-corrected chi connectivity index (χ1v) is 8.78. The topological polar surface area (TPSA) is 55.8 Å². The average molecular weight is 404 g/mol. The molecule has 1 aliphatic heterocycles. The number of anilines is 1. The summed E-state index contributed by atoms with van der Waals surface area (Å²) in [7, 11) is 0. The number of hydrogen-bond donors (Lipinski definition) is 0. The second-order valence-electron chi connectivity index (χ2n) is 5.85. The van der Waals surface area contributed by atoms with Gasteiger partial charge in [-0.05, 0) is 49.2 Å². The molecule has 0 N–H and O–H groups in total. The van der Waals surface area contributed by atoms with Gasteiger partial charge < -0.3 is 14.4 Å². The van der Waals surface area contributed by atoms with Gasteiger partial charge in [0.15, 0.2) is 13.2 Å². The Labute approximate surface area is 154 Å². The van der Waals surface area contributed by atoms with E-state index in [1.165, 1.54) is 0 Å². The fourth-order valence-corrected chi connectivity index (χ4v) is 3.14. The smallest absolute Gasteiger partial charge is 0.344 e. The van der Waals surface area contributed by atoms with Crippen LogP contribution in [0, 0.1) is 0 Å². The van der Waals surface area contributed by atoms with Crippen molar-refractivity contribution in [3.05, 3.63) is 58.6 Å². The summed E-state index contributed by atoms with van der Waals surface area (Å²) < 4.78 is 11.3.